The van der Waals surface area contributed by atoms with Gasteiger partial charge in [0.1, 0.15) is 0 Å². The Morgan fingerprint density at radius 1 is 1.25 bits per heavy atom. The Morgan fingerprint density at radius 2 is 2.07 bits per heavy atom. The standard InChI is InChI=1S/C21H21Cl2N3O2/c1-2-10-28-18(27)11-13-4-6-16(15-7-5-14(22)12-17(15)23)19-20(13)26-9-3-8-24-21(26)25-19/h4-7,12H,2-3,8-11H2,1H3,(H,24,25). The van der Waals surface area contributed by atoms with E-state index in [1.54, 1.807) is 6.07 Å². The van der Waals surface area contributed by atoms with Crippen LogP contribution in [0.3, 0.4) is 0 Å². The number of aromatic nitrogens is 2. The van der Waals surface area contributed by atoms with Gasteiger partial charge in [0.05, 0.1) is 24.1 Å². The third kappa shape index (κ3) is 3.56. The maximum atomic E-state index is 12.2. The van der Waals surface area contributed by atoms with Gasteiger partial charge in [0.15, 0.2) is 0 Å². The number of hydrogen-bond acceptors (Lipinski definition) is 4. The lowest BCUT2D eigenvalue weighted by Gasteiger charge is -2.17. The lowest BCUT2D eigenvalue weighted by molar-refractivity contribution is -0.142. The number of carbonyl (C=O) groups is 1. The number of ether oxygens (including phenoxy) is 1. The van der Waals surface area contributed by atoms with Crippen LogP contribution < -0.4 is 5.32 Å². The van der Waals surface area contributed by atoms with E-state index in [2.05, 4.69) is 9.88 Å². The molecule has 7 heteroatoms. The number of nitrogens with one attached hydrogen (secondary N) is 1. The second-order valence-electron chi connectivity index (χ2n) is 6.86. The van der Waals surface area contributed by atoms with Crippen LogP contribution in [0.15, 0.2) is 30.3 Å². The largest absolute Gasteiger partial charge is 0.465 e. The van der Waals surface area contributed by atoms with Gasteiger partial charge >= 0.3 is 5.97 Å². The Kier molecular flexibility index (Phi) is 5.47. The maximum absolute atomic E-state index is 12.2. The smallest absolute Gasteiger partial charge is 0.310 e. The third-order valence-electron chi connectivity index (χ3n) is 4.84. The molecule has 1 N–H and O–H groups in total. The van der Waals surface area contributed by atoms with Crippen LogP contribution in [0.4, 0.5) is 5.95 Å². The maximum Gasteiger partial charge on any atom is 0.310 e. The van der Waals surface area contributed by atoms with E-state index in [0.29, 0.717) is 16.7 Å². The van der Waals surface area contributed by atoms with Gasteiger partial charge in [-0.15, -0.1) is 0 Å². The minimum absolute atomic E-state index is 0.219. The van der Waals surface area contributed by atoms with Crippen molar-refractivity contribution in [3.05, 3.63) is 45.9 Å². The molecule has 0 bridgehead atoms. The molecule has 0 radical (unpaired) electrons. The molecule has 2 aromatic carbocycles. The van der Waals surface area contributed by atoms with Gasteiger partial charge in [-0.1, -0.05) is 48.3 Å². The van der Waals surface area contributed by atoms with Crippen LogP contribution in [0.5, 0.6) is 0 Å². The van der Waals surface area contributed by atoms with Gasteiger partial charge in [0.25, 0.3) is 0 Å². The highest BCUT2D eigenvalue weighted by Gasteiger charge is 2.22. The van der Waals surface area contributed by atoms with Crippen molar-refractivity contribution in [2.75, 3.05) is 18.5 Å². The average molecular weight is 418 g/mol. The molecule has 1 aliphatic heterocycles. The lowest BCUT2D eigenvalue weighted by Crippen LogP contribution is -2.18. The molecule has 0 aliphatic carbocycles. The number of anilines is 1. The molecule has 4 rings (SSSR count). The zero-order valence-corrected chi connectivity index (χ0v) is 17.1. The lowest BCUT2D eigenvalue weighted by atomic mass is 10.00. The van der Waals surface area contributed by atoms with Crippen LogP contribution in [-0.4, -0.2) is 28.7 Å². The number of carbonyl (C=O) groups excluding carboxylic acids is 1. The zero-order chi connectivity index (χ0) is 19.7. The summed E-state index contributed by atoms with van der Waals surface area (Å²) in [5.74, 6) is 0.599. The van der Waals surface area contributed by atoms with Crippen LogP contribution in [0.2, 0.25) is 10.0 Å². The summed E-state index contributed by atoms with van der Waals surface area (Å²) in [5.41, 5.74) is 4.48. The van der Waals surface area contributed by atoms with E-state index in [0.717, 1.165) is 59.6 Å². The van der Waals surface area contributed by atoms with Crippen molar-refractivity contribution in [3.63, 3.8) is 0 Å². The summed E-state index contributed by atoms with van der Waals surface area (Å²) in [6, 6.07) is 9.39. The van der Waals surface area contributed by atoms with Crippen LogP contribution in [0.25, 0.3) is 22.2 Å². The molecule has 0 unspecified atom stereocenters. The van der Waals surface area contributed by atoms with Crippen molar-refractivity contribution in [1.82, 2.24) is 9.55 Å². The number of hydrogen-bond donors (Lipinski definition) is 1. The number of imidazole rings is 1. The fourth-order valence-corrected chi connectivity index (χ4v) is 4.10. The number of benzene rings is 2. The van der Waals surface area contributed by atoms with Gasteiger partial charge in [-0.3, -0.25) is 4.79 Å². The highest BCUT2D eigenvalue weighted by molar-refractivity contribution is 6.36. The number of esters is 1. The van der Waals surface area contributed by atoms with E-state index in [1.165, 1.54) is 0 Å². The van der Waals surface area contributed by atoms with Gasteiger partial charge in [-0.2, -0.15) is 0 Å². The van der Waals surface area contributed by atoms with Gasteiger partial charge < -0.3 is 14.6 Å². The molecule has 3 aromatic rings. The number of rotatable bonds is 5. The zero-order valence-electron chi connectivity index (χ0n) is 15.6. The molecule has 0 saturated carbocycles. The molecule has 0 saturated heterocycles. The molecule has 146 valence electrons. The number of nitrogens with zero attached hydrogens (tertiary/aromatic N) is 2. The summed E-state index contributed by atoms with van der Waals surface area (Å²) < 4.78 is 7.44. The summed E-state index contributed by atoms with van der Waals surface area (Å²) in [5, 5.41) is 4.51. The monoisotopic (exact) mass is 417 g/mol. The van der Waals surface area contributed by atoms with E-state index in [-0.39, 0.29) is 12.4 Å². The molecule has 0 spiro atoms. The molecule has 2 heterocycles. The highest BCUT2D eigenvalue weighted by Crippen LogP contribution is 2.38. The van der Waals surface area contributed by atoms with Gasteiger partial charge in [0.2, 0.25) is 5.95 Å². The molecule has 0 amide bonds. The summed E-state index contributed by atoms with van der Waals surface area (Å²) in [6.45, 7) is 4.16. The predicted octanol–water partition coefficient (Wildman–Crippen LogP) is 5.32. The number of aryl methyl sites for hydroxylation is 1. The van der Waals surface area contributed by atoms with Crippen LogP contribution in [0.1, 0.15) is 25.3 Å². The fourth-order valence-electron chi connectivity index (χ4n) is 3.59. The topological polar surface area (TPSA) is 56.1 Å². The summed E-state index contributed by atoms with van der Waals surface area (Å²) in [7, 11) is 0. The van der Waals surface area contributed by atoms with Gasteiger partial charge in [0, 0.05) is 34.3 Å². The molecule has 0 atom stereocenters. The van der Waals surface area contributed by atoms with E-state index in [1.807, 2.05) is 31.2 Å². The SMILES string of the molecule is CCCOC(=O)Cc1ccc(-c2ccc(Cl)cc2Cl)c2nc3n(c12)CCCN3. The first-order valence-corrected chi connectivity index (χ1v) is 10.2. The Balaban J connectivity index is 1.86. The van der Waals surface area contributed by atoms with Crippen molar-refractivity contribution in [1.29, 1.82) is 0 Å². The van der Waals surface area contributed by atoms with Crippen molar-refractivity contribution < 1.29 is 9.53 Å². The average Bonchev–Trinajstić information content (AvgIpc) is 3.07. The first-order valence-electron chi connectivity index (χ1n) is 9.45. The first-order chi connectivity index (χ1) is 13.6. The summed E-state index contributed by atoms with van der Waals surface area (Å²) in [6.07, 6.45) is 2.03. The minimum Gasteiger partial charge on any atom is -0.465 e. The van der Waals surface area contributed by atoms with Crippen LogP contribution in [-0.2, 0) is 22.5 Å². The predicted molar refractivity (Wildman–Crippen MR) is 113 cm³/mol. The van der Waals surface area contributed by atoms with Crippen LogP contribution >= 0.6 is 23.2 Å². The number of halogens is 2. The quantitative estimate of drug-likeness (QED) is 0.570. The van der Waals surface area contributed by atoms with E-state index < -0.39 is 0 Å². The molecule has 1 aromatic heterocycles. The summed E-state index contributed by atoms with van der Waals surface area (Å²) >= 11 is 12.5. The Bertz CT molecular complexity index is 1050. The van der Waals surface area contributed by atoms with Crippen molar-refractivity contribution >= 4 is 46.2 Å². The highest BCUT2D eigenvalue weighted by atomic mass is 35.5. The fraction of sp³-hybridized carbons (Fsp3) is 0.333. The normalized spacial score (nSPS) is 13.2. The first kappa shape index (κ1) is 19.1. The Hall–Kier alpha value is -2.24. The minimum atomic E-state index is -0.222. The molecular formula is C21H21Cl2N3O2. The molecule has 5 nitrogen and oxygen atoms in total. The summed E-state index contributed by atoms with van der Waals surface area (Å²) in [4.78, 5) is 17.1. The second-order valence-corrected chi connectivity index (χ2v) is 7.70. The van der Waals surface area contributed by atoms with Gasteiger partial charge in [-0.25, -0.2) is 4.98 Å². The molecule has 0 fully saturated rings. The van der Waals surface area contributed by atoms with Crippen LogP contribution in [0, 0.1) is 0 Å². The van der Waals surface area contributed by atoms with E-state index in [4.69, 9.17) is 32.9 Å². The molecular weight excluding hydrogens is 397 g/mol. The van der Waals surface area contributed by atoms with Crippen molar-refractivity contribution in [2.24, 2.45) is 0 Å². The van der Waals surface area contributed by atoms with Crippen molar-refractivity contribution in [3.8, 4) is 11.1 Å². The van der Waals surface area contributed by atoms with Crippen molar-refractivity contribution in [2.45, 2.75) is 32.7 Å². The molecule has 1 aliphatic rings. The van der Waals surface area contributed by atoms with E-state index in [9.17, 15) is 4.79 Å². The molecule has 28 heavy (non-hydrogen) atoms. The Labute approximate surface area is 173 Å². The number of fused-ring (bicyclic) bond motifs is 3. The second kappa shape index (κ2) is 8.02. The Morgan fingerprint density at radius 3 is 2.86 bits per heavy atom. The van der Waals surface area contributed by atoms with Gasteiger partial charge in [-0.05, 0) is 30.5 Å². The third-order valence-corrected chi connectivity index (χ3v) is 5.39. The van der Waals surface area contributed by atoms with E-state index >= 15 is 0 Å².